The van der Waals surface area contributed by atoms with Gasteiger partial charge < -0.3 is 14.4 Å². The van der Waals surface area contributed by atoms with E-state index in [4.69, 9.17) is 21.1 Å². The number of carbonyl (C=O) groups is 1. The maximum Gasteiger partial charge on any atom is 0.271 e. The monoisotopic (exact) mass is 387 g/mol. The van der Waals surface area contributed by atoms with E-state index in [0.717, 1.165) is 18.8 Å². The lowest BCUT2D eigenvalue weighted by Gasteiger charge is -2.17. The summed E-state index contributed by atoms with van der Waals surface area (Å²) in [6, 6.07) is 10.9. The molecule has 0 unspecified atom stereocenters. The number of nitrogens with zero attached hydrogens (tertiary/aromatic N) is 2. The van der Waals surface area contributed by atoms with E-state index in [2.05, 4.69) is 15.4 Å². The molecule has 0 radical (unpaired) electrons. The van der Waals surface area contributed by atoms with Crippen molar-refractivity contribution in [2.75, 3.05) is 32.2 Å². The number of hydrazone groups is 1. The minimum absolute atomic E-state index is 0.282. The van der Waals surface area contributed by atoms with E-state index in [0.29, 0.717) is 27.6 Å². The molecule has 1 fully saturated rings. The molecule has 0 aromatic heterocycles. The first kappa shape index (κ1) is 19.0. The number of methoxy groups -OCH3 is 2. The standard InChI is InChI=1S/C20H22ClN3O3/c1-26-18-11-15(17(21)12-19(18)27-2)13-22-23-20(25)14-5-7-16(8-6-14)24-9-3-4-10-24/h5-8,11-13H,3-4,9-10H2,1-2H3,(H,23,25)/b22-13-. The average Bonchev–Trinajstić information content (AvgIpc) is 3.23. The topological polar surface area (TPSA) is 63.2 Å². The number of nitrogens with one attached hydrogen (secondary N) is 1. The molecule has 0 aliphatic carbocycles. The molecular formula is C20H22ClN3O3. The third kappa shape index (κ3) is 4.52. The average molecular weight is 388 g/mol. The molecule has 1 N–H and O–H groups in total. The largest absolute Gasteiger partial charge is 0.493 e. The third-order valence-corrected chi connectivity index (χ3v) is 4.80. The van der Waals surface area contributed by atoms with Gasteiger partial charge >= 0.3 is 0 Å². The van der Waals surface area contributed by atoms with Gasteiger partial charge in [-0.2, -0.15) is 5.10 Å². The lowest BCUT2D eigenvalue weighted by atomic mass is 10.2. The predicted molar refractivity (Wildman–Crippen MR) is 108 cm³/mol. The number of benzene rings is 2. The molecule has 1 heterocycles. The van der Waals surface area contributed by atoms with Gasteiger partial charge in [-0.1, -0.05) is 11.6 Å². The van der Waals surface area contributed by atoms with Gasteiger partial charge in [-0.05, 0) is 43.2 Å². The number of rotatable bonds is 6. The van der Waals surface area contributed by atoms with Crippen LogP contribution < -0.4 is 19.8 Å². The molecule has 3 rings (SSSR count). The van der Waals surface area contributed by atoms with Crippen molar-refractivity contribution in [3.05, 3.63) is 52.5 Å². The van der Waals surface area contributed by atoms with Gasteiger partial charge in [-0.15, -0.1) is 0 Å². The van der Waals surface area contributed by atoms with Crippen molar-refractivity contribution in [1.29, 1.82) is 0 Å². The van der Waals surface area contributed by atoms with E-state index in [1.165, 1.54) is 26.2 Å². The van der Waals surface area contributed by atoms with Crippen molar-refractivity contribution in [3.8, 4) is 11.5 Å². The number of ether oxygens (including phenoxy) is 2. The summed E-state index contributed by atoms with van der Waals surface area (Å²) in [7, 11) is 3.08. The van der Waals surface area contributed by atoms with Crippen LogP contribution in [0.4, 0.5) is 5.69 Å². The van der Waals surface area contributed by atoms with E-state index in [-0.39, 0.29) is 5.91 Å². The molecule has 0 bridgehead atoms. The summed E-state index contributed by atoms with van der Waals surface area (Å²) in [5.41, 5.74) is 4.82. The first-order valence-corrected chi connectivity index (χ1v) is 9.10. The van der Waals surface area contributed by atoms with Crippen LogP contribution in [0.3, 0.4) is 0 Å². The first-order valence-electron chi connectivity index (χ1n) is 8.72. The molecule has 0 spiro atoms. The first-order chi connectivity index (χ1) is 13.1. The van der Waals surface area contributed by atoms with Crippen molar-refractivity contribution < 1.29 is 14.3 Å². The summed E-state index contributed by atoms with van der Waals surface area (Å²) in [6.45, 7) is 2.14. The molecule has 1 aliphatic heterocycles. The Labute approximate surface area is 163 Å². The van der Waals surface area contributed by atoms with Crippen molar-refractivity contribution in [2.24, 2.45) is 5.10 Å². The Morgan fingerprint density at radius 3 is 2.37 bits per heavy atom. The molecule has 6 nitrogen and oxygen atoms in total. The van der Waals surface area contributed by atoms with Crippen LogP contribution in [0.15, 0.2) is 41.5 Å². The third-order valence-electron chi connectivity index (χ3n) is 4.47. The highest BCUT2D eigenvalue weighted by atomic mass is 35.5. The summed E-state index contributed by atoms with van der Waals surface area (Å²) in [4.78, 5) is 14.6. The molecule has 7 heteroatoms. The minimum atomic E-state index is -0.282. The molecule has 0 atom stereocenters. The lowest BCUT2D eigenvalue weighted by Crippen LogP contribution is -2.19. The van der Waals surface area contributed by atoms with Crippen LogP contribution >= 0.6 is 11.6 Å². The van der Waals surface area contributed by atoms with E-state index in [1.807, 2.05) is 24.3 Å². The number of halogens is 1. The van der Waals surface area contributed by atoms with Crippen LogP contribution in [-0.2, 0) is 0 Å². The van der Waals surface area contributed by atoms with E-state index >= 15 is 0 Å². The second-order valence-electron chi connectivity index (χ2n) is 6.17. The lowest BCUT2D eigenvalue weighted by molar-refractivity contribution is 0.0955. The second kappa shape index (κ2) is 8.77. The molecule has 0 saturated carbocycles. The highest BCUT2D eigenvalue weighted by Gasteiger charge is 2.13. The highest BCUT2D eigenvalue weighted by molar-refractivity contribution is 6.33. The SMILES string of the molecule is COc1cc(Cl)c(/C=N\NC(=O)c2ccc(N3CCCC3)cc2)cc1OC. The Balaban J connectivity index is 1.64. The van der Waals surface area contributed by atoms with Gasteiger partial charge in [0.1, 0.15) is 0 Å². The fourth-order valence-electron chi connectivity index (χ4n) is 2.99. The number of amides is 1. The second-order valence-corrected chi connectivity index (χ2v) is 6.58. The fourth-order valence-corrected chi connectivity index (χ4v) is 3.20. The zero-order valence-corrected chi connectivity index (χ0v) is 16.1. The normalized spacial score (nSPS) is 13.8. The van der Waals surface area contributed by atoms with Crippen LogP contribution in [-0.4, -0.2) is 39.4 Å². The Morgan fingerprint density at radius 2 is 1.74 bits per heavy atom. The predicted octanol–water partition coefficient (Wildman–Crippen LogP) is 3.72. The zero-order chi connectivity index (χ0) is 19.2. The van der Waals surface area contributed by atoms with Crippen LogP contribution in [0.25, 0.3) is 0 Å². The van der Waals surface area contributed by atoms with Gasteiger partial charge in [0, 0.05) is 36.0 Å². The molecule has 2 aromatic rings. The Hall–Kier alpha value is -2.73. The summed E-state index contributed by atoms with van der Waals surface area (Å²) >= 11 is 6.20. The maximum absolute atomic E-state index is 12.3. The summed E-state index contributed by atoms with van der Waals surface area (Å²) in [6.07, 6.45) is 3.91. The van der Waals surface area contributed by atoms with Gasteiger partial charge in [0.25, 0.3) is 5.91 Å². The maximum atomic E-state index is 12.3. The number of hydrogen-bond acceptors (Lipinski definition) is 5. The van der Waals surface area contributed by atoms with Gasteiger partial charge in [-0.25, -0.2) is 5.43 Å². The molecular weight excluding hydrogens is 366 g/mol. The molecule has 2 aromatic carbocycles. The Bertz CT molecular complexity index is 831. The van der Waals surface area contributed by atoms with E-state index < -0.39 is 0 Å². The number of anilines is 1. The van der Waals surface area contributed by atoms with Gasteiger partial charge in [0.05, 0.1) is 25.5 Å². The van der Waals surface area contributed by atoms with E-state index in [1.54, 1.807) is 19.2 Å². The van der Waals surface area contributed by atoms with Gasteiger partial charge in [0.15, 0.2) is 11.5 Å². The smallest absolute Gasteiger partial charge is 0.271 e. The summed E-state index contributed by atoms with van der Waals surface area (Å²) in [5, 5.41) is 4.44. The van der Waals surface area contributed by atoms with Crippen LogP contribution in [0.2, 0.25) is 5.02 Å². The van der Waals surface area contributed by atoms with Crippen molar-refractivity contribution in [2.45, 2.75) is 12.8 Å². The Kier molecular flexibility index (Phi) is 6.19. The van der Waals surface area contributed by atoms with Crippen LogP contribution in [0, 0.1) is 0 Å². The van der Waals surface area contributed by atoms with Crippen molar-refractivity contribution in [1.82, 2.24) is 5.43 Å². The summed E-state index contributed by atoms with van der Waals surface area (Å²) in [5.74, 6) is 0.782. The molecule has 1 amide bonds. The fraction of sp³-hybridized carbons (Fsp3) is 0.300. The van der Waals surface area contributed by atoms with Crippen LogP contribution in [0.5, 0.6) is 11.5 Å². The van der Waals surface area contributed by atoms with Gasteiger partial charge in [0.2, 0.25) is 0 Å². The van der Waals surface area contributed by atoms with Crippen LogP contribution in [0.1, 0.15) is 28.8 Å². The van der Waals surface area contributed by atoms with Gasteiger partial charge in [-0.3, -0.25) is 4.79 Å². The number of hydrogen-bond donors (Lipinski definition) is 1. The number of carbonyl (C=O) groups excluding carboxylic acids is 1. The minimum Gasteiger partial charge on any atom is -0.493 e. The van der Waals surface area contributed by atoms with Crippen molar-refractivity contribution >= 4 is 29.4 Å². The molecule has 1 aliphatic rings. The van der Waals surface area contributed by atoms with E-state index in [9.17, 15) is 4.79 Å². The quantitative estimate of drug-likeness (QED) is 0.606. The Morgan fingerprint density at radius 1 is 1.11 bits per heavy atom. The molecule has 142 valence electrons. The van der Waals surface area contributed by atoms with Crippen molar-refractivity contribution in [3.63, 3.8) is 0 Å². The zero-order valence-electron chi connectivity index (χ0n) is 15.4. The highest BCUT2D eigenvalue weighted by Crippen LogP contribution is 2.32. The molecule has 27 heavy (non-hydrogen) atoms. The molecule has 1 saturated heterocycles. The summed E-state index contributed by atoms with van der Waals surface area (Å²) < 4.78 is 10.4.